The molecule has 1 aromatic carbocycles. The van der Waals surface area contributed by atoms with Gasteiger partial charge in [0.2, 0.25) is 11.8 Å². The van der Waals surface area contributed by atoms with Crippen molar-refractivity contribution in [1.29, 1.82) is 0 Å². The first-order valence-electron chi connectivity index (χ1n) is 8.98. The van der Waals surface area contributed by atoms with Crippen molar-refractivity contribution in [2.45, 2.75) is 44.6 Å². The molecule has 1 heterocycles. The lowest BCUT2D eigenvalue weighted by molar-refractivity contribution is -0.127. The van der Waals surface area contributed by atoms with E-state index in [1.54, 1.807) is 12.1 Å². The van der Waals surface area contributed by atoms with Crippen LogP contribution in [-0.4, -0.2) is 37.5 Å². The van der Waals surface area contributed by atoms with Crippen LogP contribution in [0.5, 0.6) is 0 Å². The SMILES string of the molecule is COC(=O)c1ccc(Cl)c(N2CC(C(=O)NC3CCCCC3)CC2=O)c1. The Morgan fingerprint density at radius 2 is 1.96 bits per heavy atom. The van der Waals surface area contributed by atoms with Crippen molar-refractivity contribution in [3.05, 3.63) is 28.8 Å². The average molecular weight is 379 g/mol. The van der Waals surface area contributed by atoms with Gasteiger partial charge in [0.25, 0.3) is 0 Å². The molecule has 140 valence electrons. The summed E-state index contributed by atoms with van der Waals surface area (Å²) in [7, 11) is 1.29. The number of carbonyl (C=O) groups is 3. The van der Waals surface area contributed by atoms with Crippen molar-refractivity contribution in [2.24, 2.45) is 5.92 Å². The summed E-state index contributed by atoms with van der Waals surface area (Å²) in [6.45, 7) is 0.266. The minimum absolute atomic E-state index is 0.0759. The maximum Gasteiger partial charge on any atom is 0.337 e. The van der Waals surface area contributed by atoms with Gasteiger partial charge in [-0.05, 0) is 31.0 Å². The highest BCUT2D eigenvalue weighted by atomic mass is 35.5. The second kappa shape index (κ2) is 8.08. The summed E-state index contributed by atoms with van der Waals surface area (Å²) in [4.78, 5) is 38.2. The number of hydrogen-bond donors (Lipinski definition) is 1. The van der Waals surface area contributed by atoms with Gasteiger partial charge in [-0.25, -0.2) is 4.79 Å². The molecule has 0 radical (unpaired) electrons. The van der Waals surface area contributed by atoms with E-state index in [1.165, 1.54) is 24.5 Å². The smallest absolute Gasteiger partial charge is 0.337 e. The van der Waals surface area contributed by atoms with Crippen LogP contribution in [0.15, 0.2) is 18.2 Å². The van der Waals surface area contributed by atoms with Crippen LogP contribution in [0.3, 0.4) is 0 Å². The molecule has 0 aromatic heterocycles. The zero-order valence-electron chi connectivity index (χ0n) is 14.8. The van der Waals surface area contributed by atoms with Gasteiger partial charge in [0.1, 0.15) is 0 Å². The number of benzene rings is 1. The minimum atomic E-state index is -0.499. The van der Waals surface area contributed by atoms with Gasteiger partial charge < -0.3 is 15.0 Å². The molecule has 1 atom stereocenters. The Hall–Kier alpha value is -2.08. The van der Waals surface area contributed by atoms with Crippen LogP contribution < -0.4 is 10.2 Å². The molecule has 0 bridgehead atoms. The second-order valence-electron chi connectivity index (χ2n) is 6.91. The predicted molar refractivity (Wildman–Crippen MR) is 98.3 cm³/mol. The van der Waals surface area contributed by atoms with Crippen LogP contribution in [-0.2, 0) is 14.3 Å². The number of nitrogens with one attached hydrogen (secondary N) is 1. The van der Waals surface area contributed by atoms with E-state index in [0.29, 0.717) is 16.3 Å². The topological polar surface area (TPSA) is 75.7 Å². The van der Waals surface area contributed by atoms with Gasteiger partial charge in [-0.2, -0.15) is 0 Å². The Labute approximate surface area is 157 Å². The second-order valence-corrected chi connectivity index (χ2v) is 7.31. The molecule has 6 nitrogen and oxygen atoms in total. The normalized spacial score (nSPS) is 20.9. The molecule has 0 spiro atoms. The third-order valence-corrected chi connectivity index (χ3v) is 5.43. The van der Waals surface area contributed by atoms with Gasteiger partial charge in [0.15, 0.2) is 0 Å². The molecule has 1 unspecified atom stereocenters. The van der Waals surface area contributed by atoms with E-state index in [0.717, 1.165) is 25.7 Å². The fourth-order valence-corrected chi connectivity index (χ4v) is 3.87. The molecule has 1 saturated heterocycles. The number of anilines is 1. The molecule has 7 heteroatoms. The van der Waals surface area contributed by atoms with E-state index in [9.17, 15) is 14.4 Å². The van der Waals surface area contributed by atoms with Crippen LogP contribution in [0.1, 0.15) is 48.9 Å². The average Bonchev–Trinajstić information content (AvgIpc) is 3.04. The number of ether oxygens (including phenoxy) is 1. The van der Waals surface area contributed by atoms with Crippen molar-refractivity contribution in [2.75, 3.05) is 18.6 Å². The van der Waals surface area contributed by atoms with Crippen LogP contribution >= 0.6 is 11.6 Å². The summed E-state index contributed by atoms with van der Waals surface area (Å²) in [5.74, 6) is -1.14. The first-order valence-corrected chi connectivity index (χ1v) is 9.36. The van der Waals surface area contributed by atoms with Gasteiger partial charge in [-0.3, -0.25) is 9.59 Å². The lowest BCUT2D eigenvalue weighted by atomic mass is 9.95. The molecular weight excluding hydrogens is 356 g/mol. The summed E-state index contributed by atoms with van der Waals surface area (Å²) in [5.41, 5.74) is 0.752. The van der Waals surface area contributed by atoms with E-state index in [2.05, 4.69) is 5.32 Å². The van der Waals surface area contributed by atoms with E-state index < -0.39 is 11.9 Å². The molecule has 3 rings (SSSR count). The van der Waals surface area contributed by atoms with Gasteiger partial charge in [0, 0.05) is 19.0 Å². The zero-order valence-corrected chi connectivity index (χ0v) is 15.6. The first-order chi connectivity index (χ1) is 12.5. The number of halogens is 1. The van der Waals surface area contributed by atoms with Crippen LogP contribution in [0.4, 0.5) is 5.69 Å². The van der Waals surface area contributed by atoms with Gasteiger partial charge in [0.05, 0.1) is 29.3 Å². The molecule has 2 aliphatic rings. The maximum atomic E-state index is 12.5. The third kappa shape index (κ3) is 4.01. The highest BCUT2D eigenvalue weighted by Crippen LogP contribution is 2.32. The third-order valence-electron chi connectivity index (χ3n) is 5.11. The number of hydrogen-bond acceptors (Lipinski definition) is 4. The number of amides is 2. The van der Waals surface area contributed by atoms with E-state index in [1.807, 2.05) is 0 Å². The molecule has 1 aliphatic carbocycles. The molecule has 2 fully saturated rings. The minimum Gasteiger partial charge on any atom is -0.465 e. The number of carbonyl (C=O) groups excluding carboxylic acids is 3. The quantitative estimate of drug-likeness (QED) is 0.817. The highest BCUT2D eigenvalue weighted by molar-refractivity contribution is 6.34. The van der Waals surface area contributed by atoms with Crippen LogP contribution in [0, 0.1) is 5.92 Å². The van der Waals surface area contributed by atoms with Crippen molar-refractivity contribution >= 4 is 35.1 Å². The van der Waals surface area contributed by atoms with E-state index >= 15 is 0 Å². The number of rotatable bonds is 4. The summed E-state index contributed by atoms with van der Waals surface area (Å²) >= 11 is 6.23. The number of nitrogens with zero attached hydrogens (tertiary/aromatic N) is 1. The molecule has 26 heavy (non-hydrogen) atoms. The predicted octanol–water partition coefficient (Wildman–Crippen LogP) is 2.93. The molecular formula is C19H23ClN2O4. The molecule has 1 aromatic rings. The van der Waals surface area contributed by atoms with Crippen LogP contribution in [0.25, 0.3) is 0 Å². The van der Waals surface area contributed by atoms with Crippen molar-refractivity contribution in [3.63, 3.8) is 0 Å². The van der Waals surface area contributed by atoms with Crippen molar-refractivity contribution < 1.29 is 19.1 Å². The largest absolute Gasteiger partial charge is 0.465 e. The van der Waals surface area contributed by atoms with Crippen LogP contribution in [0.2, 0.25) is 5.02 Å². The molecule has 1 saturated carbocycles. The van der Waals surface area contributed by atoms with Gasteiger partial charge in [-0.1, -0.05) is 30.9 Å². The highest BCUT2D eigenvalue weighted by Gasteiger charge is 2.36. The maximum absolute atomic E-state index is 12.5. The number of esters is 1. The Bertz CT molecular complexity index is 715. The molecule has 1 N–H and O–H groups in total. The fourth-order valence-electron chi connectivity index (χ4n) is 3.65. The molecule has 2 amide bonds. The Morgan fingerprint density at radius 3 is 2.65 bits per heavy atom. The lowest BCUT2D eigenvalue weighted by Gasteiger charge is -2.24. The Kier molecular flexibility index (Phi) is 5.81. The zero-order chi connectivity index (χ0) is 18.7. The monoisotopic (exact) mass is 378 g/mol. The summed E-state index contributed by atoms with van der Waals surface area (Å²) < 4.78 is 4.71. The van der Waals surface area contributed by atoms with Crippen molar-refractivity contribution in [3.8, 4) is 0 Å². The van der Waals surface area contributed by atoms with Gasteiger partial charge in [-0.15, -0.1) is 0 Å². The lowest BCUT2D eigenvalue weighted by Crippen LogP contribution is -2.40. The fraction of sp³-hybridized carbons (Fsp3) is 0.526. The Balaban J connectivity index is 1.71. The number of methoxy groups -OCH3 is 1. The van der Waals surface area contributed by atoms with E-state index in [-0.39, 0.29) is 30.8 Å². The van der Waals surface area contributed by atoms with Gasteiger partial charge >= 0.3 is 5.97 Å². The Morgan fingerprint density at radius 1 is 1.23 bits per heavy atom. The summed E-state index contributed by atoms with van der Waals surface area (Å²) in [6.07, 6.45) is 5.65. The summed E-state index contributed by atoms with van der Waals surface area (Å²) in [6, 6.07) is 4.86. The first kappa shape index (κ1) is 18.7. The standard InChI is InChI=1S/C19H23ClN2O4/c1-26-19(25)12-7-8-15(20)16(9-12)22-11-13(10-17(22)23)18(24)21-14-5-3-2-4-6-14/h7-9,13-14H,2-6,10-11H2,1H3,(H,21,24). The van der Waals surface area contributed by atoms with Crippen molar-refractivity contribution in [1.82, 2.24) is 5.32 Å². The molecule has 1 aliphatic heterocycles. The van der Waals surface area contributed by atoms with E-state index in [4.69, 9.17) is 16.3 Å². The summed E-state index contributed by atoms with van der Waals surface area (Å²) in [5, 5.41) is 3.44.